The number of hydrogen-bond acceptors (Lipinski definition) is 11. The van der Waals surface area contributed by atoms with Crippen LogP contribution in [0, 0.1) is 0 Å². The standard InChI is InChI=1S/C41H37N5O11/c47-37(42-27-16-6-1-7-17-27)52-26-32-33(54-38(48)43-28-18-8-2-9-19-28)34(55-39(49)44-29-20-10-3-11-21-29)35(56-40(50)45-30-22-12-4-13-23-30)36(53-32)57-41(51)46-31-24-14-5-15-25-31/h1-25,32-36H,26H2,(H,42,47)(H,43,48)(H,44,49)(H,45,50)(H,46,51)/t32-,33-,34+,35+,36+/m1/s1. The number of carbonyl (C=O) groups is 5. The normalized spacial score (nSPS) is 18.4. The van der Waals surface area contributed by atoms with Gasteiger partial charge in [0.1, 0.15) is 12.7 Å². The smallest absolute Gasteiger partial charge is 0.414 e. The second kappa shape index (κ2) is 19.7. The Hall–Kier alpha value is -7.59. The van der Waals surface area contributed by atoms with Gasteiger partial charge in [0.05, 0.1) is 0 Å². The summed E-state index contributed by atoms with van der Waals surface area (Å²) in [6.07, 6.45) is -13.8. The molecule has 1 fully saturated rings. The third-order valence-electron chi connectivity index (χ3n) is 8.02. The van der Waals surface area contributed by atoms with Gasteiger partial charge >= 0.3 is 30.5 Å². The minimum Gasteiger partial charge on any atom is -0.446 e. The summed E-state index contributed by atoms with van der Waals surface area (Å²) in [6.45, 7) is -0.648. The average Bonchev–Trinajstić information content (AvgIpc) is 3.21. The molecule has 0 saturated carbocycles. The van der Waals surface area contributed by atoms with Gasteiger partial charge in [-0.1, -0.05) is 91.0 Å². The maximum atomic E-state index is 13.6. The van der Waals surface area contributed by atoms with Gasteiger partial charge in [0.25, 0.3) is 0 Å². The van der Waals surface area contributed by atoms with Crippen molar-refractivity contribution in [2.45, 2.75) is 30.7 Å². The fourth-order valence-electron chi connectivity index (χ4n) is 5.49. The third kappa shape index (κ3) is 12.0. The highest BCUT2D eigenvalue weighted by Gasteiger charge is 2.54. The molecule has 1 heterocycles. The zero-order valence-electron chi connectivity index (χ0n) is 30.0. The molecule has 16 heteroatoms. The first-order valence-corrected chi connectivity index (χ1v) is 17.5. The van der Waals surface area contributed by atoms with E-state index in [1.807, 2.05) is 0 Å². The lowest BCUT2D eigenvalue weighted by molar-refractivity contribution is -0.279. The number of nitrogens with one attached hydrogen (secondary N) is 5. The fraction of sp³-hybridized carbons (Fsp3) is 0.146. The molecule has 1 aliphatic heterocycles. The second-order valence-electron chi connectivity index (χ2n) is 12.1. The number of benzene rings is 5. The molecule has 0 aromatic heterocycles. The molecule has 6 rings (SSSR count). The van der Waals surface area contributed by atoms with Gasteiger partial charge in [-0.05, 0) is 60.7 Å². The first-order valence-electron chi connectivity index (χ1n) is 17.5. The number of amides is 5. The van der Waals surface area contributed by atoms with Gasteiger partial charge in [-0.2, -0.15) is 0 Å². The van der Waals surface area contributed by atoms with Crippen LogP contribution in [-0.4, -0.2) is 67.8 Å². The maximum Gasteiger partial charge on any atom is 0.414 e. The topological polar surface area (TPSA) is 201 Å². The van der Waals surface area contributed by atoms with E-state index in [4.69, 9.17) is 28.4 Å². The van der Waals surface area contributed by atoms with Gasteiger partial charge in [-0.15, -0.1) is 0 Å². The predicted molar refractivity (Wildman–Crippen MR) is 208 cm³/mol. The Balaban J connectivity index is 1.34. The Morgan fingerprint density at radius 1 is 0.386 bits per heavy atom. The Bertz CT molecular complexity index is 2080. The molecule has 16 nitrogen and oxygen atoms in total. The number of hydrogen-bond donors (Lipinski definition) is 5. The predicted octanol–water partition coefficient (Wildman–Crippen LogP) is 8.06. The molecule has 5 aromatic rings. The summed E-state index contributed by atoms with van der Waals surface area (Å²) >= 11 is 0. The van der Waals surface area contributed by atoms with Crippen molar-refractivity contribution in [2.75, 3.05) is 33.2 Å². The van der Waals surface area contributed by atoms with Crippen molar-refractivity contribution in [3.63, 3.8) is 0 Å². The van der Waals surface area contributed by atoms with Crippen molar-refractivity contribution in [1.82, 2.24) is 0 Å². The van der Waals surface area contributed by atoms with Crippen molar-refractivity contribution in [2.24, 2.45) is 0 Å². The summed E-state index contributed by atoms with van der Waals surface area (Å²) < 4.78 is 34.8. The molecule has 5 N–H and O–H groups in total. The zero-order valence-corrected chi connectivity index (χ0v) is 30.0. The lowest BCUT2D eigenvalue weighted by atomic mass is 9.98. The van der Waals surface area contributed by atoms with Crippen LogP contribution in [0.5, 0.6) is 0 Å². The van der Waals surface area contributed by atoms with Crippen LogP contribution in [0.2, 0.25) is 0 Å². The zero-order chi connectivity index (χ0) is 39.8. The van der Waals surface area contributed by atoms with Crippen LogP contribution in [0.3, 0.4) is 0 Å². The summed E-state index contributed by atoms with van der Waals surface area (Å²) in [7, 11) is 0. The largest absolute Gasteiger partial charge is 0.446 e. The van der Waals surface area contributed by atoms with Crippen LogP contribution in [0.15, 0.2) is 152 Å². The van der Waals surface area contributed by atoms with E-state index in [-0.39, 0.29) is 0 Å². The number of para-hydroxylation sites is 5. The van der Waals surface area contributed by atoms with E-state index in [1.54, 1.807) is 152 Å². The summed E-state index contributed by atoms with van der Waals surface area (Å²) in [6, 6.07) is 41.6. The minimum atomic E-state index is -1.85. The molecule has 5 aromatic carbocycles. The van der Waals surface area contributed by atoms with E-state index in [9.17, 15) is 24.0 Å². The number of rotatable bonds is 11. The molecule has 292 valence electrons. The van der Waals surface area contributed by atoms with E-state index >= 15 is 0 Å². The molecule has 0 unspecified atom stereocenters. The number of carbonyl (C=O) groups excluding carboxylic acids is 5. The van der Waals surface area contributed by atoms with Gasteiger partial charge in [0.2, 0.25) is 12.4 Å². The minimum absolute atomic E-state index is 0.334. The van der Waals surface area contributed by atoms with Crippen LogP contribution in [0.1, 0.15) is 0 Å². The number of ether oxygens (including phenoxy) is 6. The Morgan fingerprint density at radius 2 is 0.684 bits per heavy atom. The van der Waals surface area contributed by atoms with Gasteiger partial charge < -0.3 is 28.4 Å². The van der Waals surface area contributed by atoms with Crippen molar-refractivity contribution >= 4 is 58.9 Å². The van der Waals surface area contributed by atoms with Crippen molar-refractivity contribution in [1.29, 1.82) is 0 Å². The van der Waals surface area contributed by atoms with Gasteiger partial charge in [0.15, 0.2) is 12.2 Å². The van der Waals surface area contributed by atoms with Crippen molar-refractivity contribution in [3.05, 3.63) is 152 Å². The molecular weight excluding hydrogens is 738 g/mol. The Kier molecular flexibility index (Phi) is 13.5. The molecule has 1 saturated heterocycles. The van der Waals surface area contributed by atoms with E-state index in [2.05, 4.69) is 26.6 Å². The lowest BCUT2D eigenvalue weighted by Crippen LogP contribution is -2.64. The SMILES string of the molecule is O=C(Nc1ccccc1)OC[C@H]1O[C@@H](OC(=O)Nc2ccccc2)[C@@H](OC(=O)Nc2ccccc2)[C@@H](OC(=O)Nc2ccccc2)[C@@H]1OC(=O)Nc1ccccc1. The molecule has 0 aliphatic carbocycles. The van der Waals surface area contributed by atoms with Crippen LogP contribution in [0.4, 0.5) is 52.4 Å². The van der Waals surface area contributed by atoms with E-state index in [1.165, 1.54) is 0 Å². The average molecular weight is 776 g/mol. The van der Waals surface area contributed by atoms with E-state index < -0.39 is 67.8 Å². The van der Waals surface area contributed by atoms with Gasteiger partial charge in [-0.25, -0.2) is 24.0 Å². The van der Waals surface area contributed by atoms with Crippen LogP contribution < -0.4 is 26.6 Å². The molecule has 5 atom stereocenters. The summed E-state index contributed by atoms with van der Waals surface area (Å²) in [4.78, 5) is 66.8. The van der Waals surface area contributed by atoms with Gasteiger partial charge in [0, 0.05) is 28.4 Å². The van der Waals surface area contributed by atoms with E-state index in [0.29, 0.717) is 28.4 Å². The fourth-order valence-corrected chi connectivity index (χ4v) is 5.49. The second-order valence-corrected chi connectivity index (χ2v) is 12.1. The molecule has 0 radical (unpaired) electrons. The van der Waals surface area contributed by atoms with Crippen LogP contribution >= 0.6 is 0 Å². The van der Waals surface area contributed by atoms with Crippen molar-refractivity contribution < 1.29 is 52.4 Å². The van der Waals surface area contributed by atoms with E-state index in [0.717, 1.165) is 0 Å². The first-order chi connectivity index (χ1) is 27.8. The highest BCUT2D eigenvalue weighted by Crippen LogP contribution is 2.31. The highest BCUT2D eigenvalue weighted by molar-refractivity contribution is 5.87. The quantitative estimate of drug-likeness (QED) is 0.0813. The third-order valence-corrected chi connectivity index (χ3v) is 8.02. The molecule has 0 bridgehead atoms. The van der Waals surface area contributed by atoms with Crippen molar-refractivity contribution in [3.8, 4) is 0 Å². The molecule has 57 heavy (non-hydrogen) atoms. The van der Waals surface area contributed by atoms with Gasteiger partial charge in [-0.3, -0.25) is 26.6 Å². The maximum absolute atomic E-state index is 13.6. The number of anilines is 5. The van der Waals surface area contributed by atoms with Crippen LogP contribution in [0.25, 0.3) is 0 Å². The highest BCUT2D eigenvalue weighted by atomic mass is 16.8. The monoisotopic (exact) mass is 775 g/mol. The summed E-state index contributed by atoms with van der Waals surface area (Å²) in [5.41, 5.74) is 1.79. The molecular formula is C41H37N5O11. The first kappa shape index (κ1) is 39.1. The lowest BCUT2D eigenvalue weighted by Gasteiger charge is -2.43. The Morgan fingerprint density at radius 3 is 1.05 bits per heavy atom. The Labute approximate surface area is 326 Å². The molecule has 0 spiro atoms. The van der Waals surface area contributed by atoms with Crippen LogP contribution in [-0.2, 0) is 28.4 Å². The summed E-state index contributed by atoms with van der Waals surface area (Å²) in [5, 5.41) is 12.8. The molecule has 1 aliphatic rings. The molecule has 5 amide bonds. The summed E-state index contributed by atoms with van der Waals surface area (Å²) in [5.74, 6) is 0.